The minimum absolute atomic E-state index is 0.0831. The summed E-state index contributed by atoms with van der Waals surface area (Å²) in [7, 11) is 3.12. The molecule has 2 amide bonds. The molecule has 0 fully saturated rings. The van der Waals surface area contributed by atoms with Gasteiger partial charge in [-0.3, -0.25) is 0 Å². The van der Waals surface area contributed by atoms with Crippen LogP contribution in [0.2, 0.25) is 0 Å². The van der Waals surface area contributed by atoms with Gasteiger partial charge in [0.15, 0.2) is 0 Å². The summed E-state index contributed by atoms with van der Waals surface area (Å²) in [5.74, 6) is 1.30. The molecule has 0 unspecified atom stereocenters. The van der Waals surface area contributed by atoms with Gasteiger partial charge in [-0.2, -0.15) is 0 Å². The summed E-state index contributed by atoms with van der Waals surface area (Å²) in [4.78, 5) is 48.3. The maximum atomic E-state index is 12.2. The Bertz CT molecular complexity index is 1510. The summed E-state index contributed by atoms with van der Waals surface area (Å²) in [6.45, 7) is 1.02. The van der Waals surface area contributed by atoms with Crippen LogP contribution in [0, 0.1) is 0 Å². The molecule has 3 aromatic rings. The normalized spacial score (nSPS) is 12.0. The molecule has 0 saturated carbocycles. The van der Waals surface area contributed by atoms with Gasteiger partial charge in [-0.25, -0.2) is 19.2 Å². The van der Waals surface area contributed by atoms with E-state index in [4.69, 9.17) is 18.9 Å². The zero-order chi connectivity index (χ0) is 32.4. The van der Waals surface area contributed by atoms with Crippen LogP contribution in [-0.4, -0.2) is 48.7 Å². The first kappa shape index (κ1) is 34.2. The molecular formula is C34H34N2O8S2. The quantitative estimate of drug-likeness (QED) is 0.0793. The van der Waals surface area contributed by atoms with E-state index in [0.717, 1.165) is 24.0 Å². The van der Waals surface area contributed by atoms with E-state index in [1.807, 2.05) is 18.2 Å². The molecule has 0 saturated heterocycles. The Hall–Kier alpha value is -4.68. The van der Waals surface area contributed by atoms with Gasteiger partial charge < -0.3 is 29.6 Å². The van der Waals surface area contributed by atoms with Crippen molar-refractivity contribution in [2.75, 3.05) is 24.6 Å². The molecule has 1 aliphatic rings. The zero-order valence-corrected chi connectivity index (χ0v) is 26.6. The van der Waals surface area contributed by atoms with Gasteiger partial charge in [-0.15, -0.1) is 0 Å². The molecule has 0 radical (unpaired) electrons. The van der Waals surface area contributed by atoms with E-state index in [1.165, 1.54) is 0 Å². The van der Waals surface area contributed by atoms with E-state index in [2.05, 4.69) is 10.6 Å². The molecule has 10 nitrogen and oxygen atoms in total. The van der Waals surface area contributed by atoms with E-state index in [1.54, 1.807) is 100 Å². The Morgan fingerprint density at radius 2 is 1.15 bits per heavy atom. The van der Waals surface area contributed by atoms with Crippen molar-refractivity contribution >= 4 is 45.7 Å². The number of alkyl carbamates (subject to hydrolysis) is 2. The molecule has 0 aromatic heterocycles. The number of allylic oxidation sites excluding steroid dienone is 2. The monoisotopic (exact) mass is 662 g/mol. The van der Waals surface area contributed by atoms with Crippen LogP contribution >= 0.6 is 21.6 Å². The number of esters is 2. The lowest BCUT2D eigenvalue weighted by atomic mass is 10.1. The number of benzene rings is 3. The van der Waals surface area contributed by atoms with Crippen molar-refractivity contribution in [2.24, 2.45) is 0 Å². The van der Waals surface area contributed by atoms with E-state index in [-0.39, 0.29) is 13.2 Å². The lowest BCUT2D eigenvalue weighted by Gasteiger charge is -2.09. The maximum absolute atomic E-state index is 12.2. The smallest absolute Gasteiger partial charge is 0.407 e. The van der Waals surface area contributed by atoms with E-state index in [0.29, 0.717) is 47.2 Å². The van der Waals surface area contributed by atoms with Crippen molar-refractivity contribution in [2.45, 2.75) is 26.1 Å². The Labute approximate surface area is 275 Å². The van der Waals surface area contributed by atoms with Crippen LogP contribution in [0.5, 0.6) is 11.5 Å². The van der Waals surface area contributed by atoms with Gasteiger partial charge in [0.1, 0.15) is 24.7 Å². The number of carbonyl (C=O) groups is 4. The average Bonchev–Trinajstić information content (AvgIpc) is 3.09. The summed E-state index contributed by atoms with van der Waals surface area (Å²) < 4.78 is 21.2. The third-order valence-corrected chi connectivity index (χ3v) is 8.65. The number of hydrogen-bond acceptors (Lipinski definition) is 10. The predicted molar refractivity (Wildman–Crippen MR) is 178 cm³/mol. The first-order valence-corrected chi connectivity index (χ1v) is 17.0. The average molecular weight is 663 g/mol. The minimum atomic E-state index is -0.528. The van der Waals surface area contributed by atoms with Gasteiger partial charge in [-0.1, -0.05) is 82.3 Å². The first-order chi connectivity index (χ1) is 22.5. The number of nitrogens with one attached hydrogen (secondary N) is 2. The van der Waals surface area contributed by atoms with Crippen molar-refractivity contribution < 1.29 is 38.1 Å². The van der Waals surface area contributed by atoms with Crippen molar-refractivity contribution in [3.63, 3.8) is 0 Å². The highest BCUT2D eigenvalue weighted by Gasteiger charge is 2.12. The van der Waals surface area contributed by atoms with Crippen LogP contribution in [0.3, 0.4) is 0 Å². The lowest BCUT2D eigenvalue weighted by molar-refractivity contribution is -0.129. The highest BCUT2D eigenvalue weighted by Crippen LogP contribution is 2.20. The van der Waals surface area contributed by atoms with Crippen molar-refractivity contribution in [1.82, 2.24) is 10.6 Å². The lowest BCUT2D eigenvalue weighted by Crippen LogP contribution is -2.27. The van der Waals surface area contributed by atoms with Gasteiger partial charge in [0.2, 0.25) is 0 Å². The van der Waals surface area contributed by atoms with Gasteiger partial charge in [-0.05, 0) is 60.4 Å². The fourth-order valence-electron chi connectivity index (χ4n) is 3.89. The number of hydrogen-bond donors (Lipinski definition) is 2. The molecule has 1 aliphatic carbocycles. The second-order valence-corrected chi connectivity index (χ2v) is 12.4. The second kappa shape index (κ2) is 19.0. The van der Waals surface area contributed by atoms with Crippen molar-refractivity contribution in [3.05, 3.63) is 119 Å². The second-order valence-electron chi connectivity index (χ2n) is 9.72. The third-order valence-electron chi connectivity index (χ3n) is 6.24. The van der Waals surface area contributed by atoms with Crippen LogP contribution in [0.15, 0.2) is 103 Å². The SMILES string of the molecule is O=C(NCCSSCCNC(=O)OCc1ccc(OC(=O)c2ccccc2)cc1)OCc1ccc(OC(=O)C2=CCCC=C2)cc1. The van der Waals surface area contributed by atoms with Crippen molar-refractivity contribution in [3.8, 4) is 11.5 Å². The van der Waals surface area contributed by atoms with Crippen LogP contribution < -0.4 is 20.1 Å². The molecule has 12 heteroatoms. The van der Waals surface area contributed by atoms with Gasteiger partial charge >= 0.3 is 24.1 Å². The van der Waals surface area contributed by atoms with Crippen LogP contribution in [0.25, 0.3) is 0 Å². The molecule has 0 spiro atoms. The Balaban J connectivity index is 0.981. The molecular weight excluding hydrogens is 629 g/mol. The Morgan fingerprint density at radius 1 is 0.630 bits per heavy atom. The molecule has 4 rings (SSSR count). The molecule has 46 heavy (non-hydrogen) atoms. The summed E-state index contributed by atoms with van der Waals surface area (Å²) in [6, 6.07) is 22.3. The Morgan fingerprint density at radius 3 is 1.65 bits per heavy atom. The maximum Gasteiger partial charge on any atom is 0.407 e. The topological polar surface area (TPSA) is 129 Å². The predicted octanol–water partition coefficient (Wildman–Crippen LogP) is 6.62. The van der Waals surface area contributed by atoms with E-state index < -0.39 is 24.1 Å². The Kier molecular flexibility index (Phi) is 14.1. The summed E-state index contributed by atoms with van der Waals surface area (Å²) in [5.41, 5.74) is 2.53. The minimum Gasteiger partial charge on any atom is -0.445 e. The molecule has 0 atom stereocenters. The highest BCUT2D eigenvalue weighted by molar-refractivity contribution is 8.76. The molecule has 3 aromatic carbocycles. The molecule has 0 aliphatic heterocycles. The number of carbonyl (C=O) groups excluding carboxylic acids is 4. The largest absolute Gasteiger partial charge is 0.445 e. The fraction of sp³-hybridized carbons (Fsp3) is 0.235. The fourth-order valence-corrected chi connectivity index (χ4v) is 5.70. The summed E-state index contributed by atoms with van der Waals surface area (Å²) in [5, 5.41) is 5.39. The van der Waals surface area contributed by atoms with Crippen LogP contribution in [-0.2, 0) is 27.5 Å². The number of amides is 2. The number of ether oxygens (including phenoxy) is 4. The molecule has 2 N–H and O–H groups in total. The summed E-state index contributed by atoms with van der Waals surface area (Å²) >= 11 is 0. The third kappa shape index (κ3) is 12.4. The highest BCUT2D eigenvalue weighted by atomic mass is 33.1. The molecule has 0 heterocycles. The first-order valence-electron chi connectivity index (χ1n) is 14.6. The van der Waals surface area contributed by atoms with Crippen molar-refractivity contribution in [1.29, 1.82) is 0 Å². The van der Waals surface area contributed by atoms with E-state index >= 15 is 0 Å². The van der Waals surface area contributed by atoms with Gasteiger partial charge in [0, 0.05) is 24.6 Å². The van der Waals surface area contributed by atoms with Crippen LogP contribution in [0.4, 0.5) is 9.59 Å². The van der Waals surface area contributed by atoms with Crippen LogP contribution in [0.1, 0.15) is 34.3 Å². The van der Waals surface area contributed by atoms with Gasteiger partial charge in [0.25, 0.3) is 0 Å². The molecule has 240 valence electrons. The molecule has 0 bridgehead atoms. The summed E-state index contributed by atoms with van der Waals surface area (Å²) in [6.07, 6.45) is 6.27. The zero-order valence-electron chi connectivity index (χ0n) is 25.0. The number of rotatable bonds is 15. The van der Waals surface area contributed by atoms with Gasteiger partial charge in [0.05, 0.1) is 11.1 Å². The standard InChI is InChI=1S/C34H34N2O8S2/c37-31(27-7-3-1-4-8-27)43-29-15-11-25(12-16-29)23-41-33(39)35-19-21-45-46-22-20-36-34(40)42-24-26-13-17-30(18-14-26)44-32(38)28-9-5-2-6-10-28/h1,3-5,7-18H,2,6,19-24H2,(H,35,39)(H,36,40). The van der Waals surface area contributed by atoms with E-state index in [9.17, 15) is 19.2 Å².